The maximum Gasteiger partial charge on any atom is 0.118 e. The number of nitrogens with zero attached hydrogens (tertiary/aromatic N) is 2. The first-order chi connectivity index (χ1) is 14.8. The number of hydrogen-bond donors (Lipinski definition) is 0. The molecule has 0 aliphatic heterocycles. The van der Waals surface area contributed by atoms with E-state index in [1.807, 2.05) is 66.7 Å². The van der Waals surface area contributed by atoms with Gasteiger partial charge in [0.2, 0.25) is 0 Å². The topological polar surface area (TPSA) is 44.2 Å². The van der Waals surface area contributed by atoms with Crippen molar-refractivity contribution >= 4 is 21.8 Å². The zero-order valence-electron chi connectivity index (χ0n) is 16.8. The van der Waals surface area contributed by atoms with E-state index in [0.717, 1.165) is 55.8 Å². The second kappa shape index (κ2) is 7.48. The van der Waals surface area contributed by atoms with Gasteiger partial charge >= 0.3 is 0 Å². The van der Waals surface area contributed by atoms with Gasteiger partial charge in [0.05, 0.1) is 36.6 Å². The molecule has 0 amide bonds. The van der Waals surface area contributed by atoms with Gasteiger partial charge in [-0.3, -0.25) is 0 Å². The Bertz CT molecular complexity index is 1340. The van der Waals surface area contributed by atoms with Gasteiger partial charge in [-0.2, -0.15) is 0 Å². The number of rotatable bonds is 4. The zero-order valence-corrected chi connectivity index (χ0v) is 16.8. The summed E-state index contributed by atoms with van der Waals surface area (Å²) in [7, 11) is 3.33. The highest BCUT2D eigenvalue weighted by atomic mass is 16.5. The fourth-order valence-corrected chi connectivity index (χ4v) is 3.69. The minimum absolute atomic E-state index is 0.809. The second-order valence-electron chi connectivity index (χ2n) is 7.03. The van der Waals surface area contributed by atoms with Crippen LogP contribution in [0.25, 0.3) is 44.3 Å². The van der Waals surface area contributed by atoms with Crippen molar-refractivity contribution in [3.05, 3.63) is 84.9 Å². The molecule has 1 aromatic heterocycles. The van der Waals surface area contributed by atoms with Gasteiger partial charge in [0, 0.05) is 16.5 Å². The Morgan fingerprint density at radius 3 is 1.73 bits per heavy atom. The van der Waals surface area contributed by atoms with Crippen LogP contribution in [0.1, 0.15) is 0 Å². The number of benzene rings is 4. The van der Waals surface area contributed by atoms with E-state index in [1.54, 1.807) is 14.2 Å². The molecule has 1 heterocycles. The smallest absolute Gasteiger partial charge is 0.118 e. The molecule has 0 bridgehead atoms. The van der Waals surface area contributed by atoms with Crippen molar-refractivity contribution in [1.82, 2.24) is 9.97 Å². The molecule has 0 saturated carbocycles. The molecule has 0 spiro atoms. The Labute approximate surface area is 174 Å². The third-order valence-electron chi connectivity index (χ3n) is 5.29. The van der Waals surface area contributed by atoms with Crippen LogP contribution in [0.2, 0.25) is 0 Å². The van der Waals surface area contributed by atoms with Crippen LogP contribution < -0.4 is 9.47 Å². The fourth-order valence-electron chi connectivity index (χ4n) is 3.69. The Morgan fingerprint density at radius 2 is 1.13 bits per heavy atom. The molecule has 4 heteroatoms. The summed E-state index contributed by atoms with van der Waals surface area (Å²) in [5.74, 6) is 1.62. The highest BCUT2D eigenvalue weighted by Crippen LogP contribution is 2.34. The standard InChI is InChI=1S/C26H20N2O2/c1-29-20-12-7-18(8-13-20)24-25(19-9-14-21(30-2)15-10-19)28-26-22-6-4-3-5-17(22)11-16-23(26)27-24/h3-16H,1-2H3. The number of methoxy groups -OCH3 is 2. The molecule has 0 unspecified atom stereocenters. The van der Waals surface area contributed by atoms with E-state index in [2.05, 4.69) is 18.2 Å². The van der Waals surface area contributed by atoms with Crippen LogP contribution in [0.15, 0.2) is 84.9 Å². The molecule has 5 aromatic rings. The van der Waals surface area contributed by atoms with Crippen molar-refractivity contribution in [3.63, 3.8) is 0 Å². The summed E-state index contributed by atoms with van der Waals surface area (Å²) in [6.45, 7) is 0. The third-order valence-corrected chi connectivity index (χ3v) is 5.29. The minimum atomic E-state index is 0.809. The predicted octanol–water partition coefficient (Wildman–Crippen LogP) is 6.13. The van der Waals surface area contributed by atoms with Crippen LogP contribution in [-0.4, -0.2) is 24.2 Å². The summed E-state index contributed by atoms with van der Waals surface area (Å²) in [4.78, 5) is 10.1. The first-order valence-corrected chi connectivity index (χ1v) is 9.75. The minimum Gasteiger partial charge on any atom is -0.497 e. The molecule has 30 heavy (non-hydrogen) atoms. The van der Waals surface area contributed by atoms with E-state index in [9.17, 15) is 0 Å². The van der Waals surface area contributed by atoms with E-state index in [1.165, 1.54) is 0 Å². The van der Waals surface area contributed by atoms with Crippen LogP contribution in [-0.2, 0) is 0 Å². The van der Waals surface area contributed by atoms with Crippen LogP contribution in [0, 0.1) is 0 Å². The average molecular weight is 392 g/mol. The first kappa shape index (κ1) is 18.1. The molecule has 0 atom stereocenters. The highest BCUT2D eigenvalue weighted by molar-refractivity contribution is 6.05. The number of aromatic nitrogens is 2. The van der Waals surface area contributed by atoms with Crippen molar-refractivity contribution < 1.29 is 9.47 Å². The van der Waals surface area contributed by atoms with Crippen LogP contribution in [0.5, 0.6) is 11.5 Å². The van der Waals surface area contributed by atoms with Crippen LogP contribution in [0.4, 0.5) is 0 Å². The molecule has 146 valence electrons. The molecular formula is C26H20N2O2. The van der Waals surface area contributed by atoms with E-state index in [0.29, 0.717) is 0 Å². The van der Waals surface area contributed by atoms with Gasteiger partial charge in [-0.25, -0.2) is 9.97 Å². The molecule has 4 nitrogen and oxygen atoms in total. The molecule has 0 radical (unpaired) electrons. The predicted molar refractivity (Wildman–Crippen MR) is 121 cm³/mol. The van der Waals surface area contributed by atoms with Gasteiger partial charge in [0.25, 0.3) is 0 Å². The van der Waals surface area contributed by atoms with E-state index >= 15 is 0 Å². The SMILES string of the molecule is COc1ccc(-c2nc3ccc4ccccc4c3nc2-c2ccc(OC)cc2)cc1. The third kappa shape index (κ3) is 3.12. The van der Waals surface area contributed by atoms with Gasteiger partial charge in [-0.05, 0) is 60.0 Å². The molecule has 0 fully saturated rings. The molecule has 5 rings (SSSR count). The Hall–Kier alpha value is -3.92. The van der Waals surface area contributed by atoms with Crippen LogP contribution >= 0.6 is 0 Å². The van der Waals surface area contributed by atoms with Gasteiger partial charge in [-0.1, -0.05) is 30.3 Å². The summed E-state index contributed by atoms with van der Waals surface area (Å²) < 4.78 is 10.6. The van der Waals surface area contributed by atoms with E-state index in [4.69, 9.17) is 19.4 Å². The normalized spacial score (nSPS) is 11.0. The summed E-state index contributed by atoms with van der Waals surface area (Å²) >= 11 is 0. The quantitative estimate of drug-likeness (QED) is 0.345. The highest BCUT2D eigenvalue weighted by Gasteiger charge is 2.15. The van der Waals surface area contributed by atoms with Gasteiger partial charge in [0.15, 0.2) is 0 Å². The van der Waals surface area contributed by atoms with Crippen molar-refractivity contribution in [2.45, 2.75) is 0 Å². The van der Waals surface area contributed by atoms with Crippen molar-refractivity contribution in [2.75, 3.05) is 14.2 Å². The molecule has 0 N–H and O–H groups in total. The number of hydrogen-bond acceptors (Lipinski definition) is 4. The lowest BCUT2D eigenvalue weighted by Gasteiger charge is -2.13. The molecule has 0 aliphatic carbocycles. The van der Waals surface area contributed by atoms with Gasteiger partial charge in [-0.15, -0.1) is 0 Å². The molecule has 4 aromatic carbocycles. The van der Waals surface area contributed by atoms with Crippen LogP contribution in [0.3, 0.4) is 0 Å². The average Bonchev–Trinajstić information content (AvgIpc) is 2.83. The Morgan fingerprint density at radius 1 is 0.567 bits per heavy atom. The van der Waals surface area contributed by atoms with Crippen molar-refractivity contribution in [1.29, 1.82) is 0 Å². The van der Waals surface area contributed by atoms with E-state index in [-0.39, 0.29) is 0 Å². The molecular weight excluding hydrogens is 372 g/mol. The summed E-state index contributed by atoms with van der Waals surface area (Å²) in [5.41, 5.74) is 5.43. The summed E-state index contributed by atoms with van der Waals surface area (Å²) in [5, 5.41) is 2.25. The molecule has 0 saturated heterocycles. The largest absolute Gasteiger partial charge is 0.497 e. The second-order valence-corrected chi connectivity index (χ2v) is 7.03. The number of ether oxygens (including phenoxy) is 2. The Kier molecular flexibility index (Phi) is 4.52. The van der Waals surface area contributed by atoms with Crippen molar-refractivity contribution in [2.24, 2.45) is 0 Å². The number of fused-ring (bicyclic) bond motifs is 3. The lowest BCUT2D eigenvalue weighted by molar-refractivity contribution is 0.414. The monoisotopic (exact) mass is 392 g/mol. The van der Waals surface area contributed by atoms with Crippen molar-refractivity contribution in [3.8, 4) is 34.0 Å². The Balaban J connectivity index is 1.80. The lowest BCUT2D eigenvalue weighted by Crippen LogP contribution is -1.96. The fraction of sp³-hybridized carbons (Fsp3) is 0.0769. The van der Waals surface area contributed by atoms with Gasteiger partial charge < -0.3 is 9.47 Å². The zero-order chi connectivity index (χ0) is 20.5. The lowest BCUT2D eigenvalue weighted by atomic mass is 10.0. The van der Waals surface area contributed by atoms with E-state index < -0.39 is 0 Å². The summed E-state index contributed by atoms with van der Waals surface area (Å²) in [6.07, 6.45) is 0. The summed E-state index contributed by atoms with van der Waals surface area (Å²) in [6, 6.07) is 28.3. The first-order valence-electron chi connectivity index (χ1n) is 9.75. The maximum atomic E-state index is 5.32. The van der Waals surface area contributed by atoms with Gasteiger partial charge in [0.1, 0.15) is 11.5 Å². The maximum absolute atomic E-state index is 5.32. The molecule has 0 aliphatic rings.